The fourth-order valence-electron chi connectivity index (χ4n) is 6.27. The average molecular weight is 461 g/mol. The van der Waals surface area contributed by atoms with Crippen LogP contribution in [0.15, 0.2) is 48.5 Å². The van der Waals surface area contributed by atoms with Crippen LogP contribution in [0.4, 0.5) is 0 Å². The second-order valence-corrected chi connectivity index (χ2v) is 11.2. The van der Waals surface area contributed by atoms with Gasteiger partial charge in [0.25, 0.3) is 0 Å². The normalized spacial score (nSPS) is 25.4. The molecule has 1 aliphatic heterocycles. The molecular formula is C33H48O. The number of hydrogen-bond acceptors (Lipinski definition) is 1. The van der Waals surface area contributed by atoms with E-state index in [1.165, 1.54) is 107 Å². The lowest BCUT2D eigenvalue weighted by Crippen LogP contribution is -2.20. The van der Waals surface area contributed by atoms with Gasteiger partial charge in [-0.05, 0) is 85.0 Å². The summed E-state index contributed by atoms with van der Waals surface area (Å²) in [5.74, 6) is 2.53. The lowest BCUT2D eigenvalue weighted by Gasteiger charge is -2.29. The Morgan fingerprint density at radius 3 is 1.76 bits per heavy atom. The minimum atomic E-state index is 0.288. The first-order valence-corrected chi connectivity index (χ1v) is 14.6. The Bertz CT molecular complexity index is 805. The lowest BCUT2D eigenvalue weighted by atomic mass is 9.77. The highest BCUT2D eigenvalue weighted by Gasteiger charge is 2.23. The van der Waals surface area contributed by atoms with Crippen LogP contribution in [-0.4, -0.2) is 6.61 Å². The van der Waals surface area contributed by atoms with Gasteiger partial charge in [-0.15, -0.1) is 0 Å². The van der Waals surface area contributed by atoms with E-state index in [9.17, 15) is 0 Å². The smallest absolute Gasteiger partial charge is 0.0825 e. The lowest BCUT2D eigenvalue weighted by molar-refractivity contribution is -0.0197. The molecule has 1 heteroatoms. The summed E-state index contributed by atoms with van der Waals surface area (Å²) in [7, 11) is 0. The summed E-state index contributed by atoms with van der Waals surface area (Å²) >= 11 is 0. The second kappa shape index (κ2) is 13.5. The van der Waals surface area contributed by atoms with Crippen molar-refractivity contribution >= 4 is 0 Å². The Morgan fingerprint density at radius 1 is 0.588 bits per heavy atom. The maximum atomic E-state index is 6.24. The van der Waals surface area contributed by atoms with Crippen molar-refractivity contribution in [3.8, 4) is 11.1 Å². The van der Waals surface area contributed by atoms with Crippen molar-refractivity contribution in [2.75, 3.05) is 6.61 Å². The maximum Gasteiger partial charge on any atom is 0.0825 e. The number of hydrogen-bond donors (Lipinski definition) is 0. The Balaban J connectivity index is 1.25. The first-order chi connectivity index (χ1) is 16.8. The summed E-state index contributed by atoms with van der Waals surface area (Å²) in [6.45, 7) is 5.53. The summed E-state index contributed by atoms with van der Waals surface area (Å²) in [6.07, 6.45) is 19.5. The Kier molecular flexibility index (Phi) is 10.1. The molecule has 0 N–H and O–H groups in total. The topological polar surface area (TPSA) is 9.23 Å². The van der Waals surface area contributed by atoms with Crippen LogP contribution >= 0.6 is 0 Å². The summed E-state index contributed by atoms with van der Waals surface area (Å²) in [5.41, 5.74) is 5.56. The quantitative estimate of drug-likeness (QED) is 0.303. The van der Waals surface area contributed by atoms with Gasteiger partial charge in [0, 0.05) is 0 Å². The molecule has 2 unspecified atom stereocenters. The summed E-state index contributed by atoms with van der Waals surface area (Å²) in [6, 6.07) is 18.7. The highest BCUT2D eigenvalue weighted by molar-refractivity contribution is 5.64. The zero-order valence-corrected chi connectivity index (χ0v) is 21.9. The molecule has 1 nitrogen and oxygen atoms in total. The Labute approximate surface area is 209 Å². The van der Waals surface area contributed by atoms with Gasteiger partial charge in [-0.1, -0.05) is 107 Å². The molecule has 2 fully saturated rings. The van der Waals surface area contributed by atoms with Crippen LogP contribution in [0.5, 0.6) is 0 Å². The van der Waals surface area contributed by atoms with E-state index in [2.05, 4.69) is 62.4 Å². The number of unbranched alkanes of at least 4 members (excludes halogenated alkanes) is 4. The molecule has 4 rings (SSSR count). The van der Waals surface area contributed by atoms with Crippen molar-refractivity contribution in [2.24, 2.45) is 11.8 Å². The predicted molar refractivity (Wildman–Crippen MR) is 146 cm³/mol. The molecule has 1 heterocycles. The van der Waals surface area contributed by atoms with Gasteiger partial charge in [-0.2, -0.15) is 0 Å². The van der Waals surface area contributed by atoms with Crippen LogP contribution in [0.25, 0.3) is 11.1 Å². The SMILES string of the molecule is CCCCCC[C@H]1CC[C@H](c2ccc(-c3ccc(C4CCC(CCCC)CO4)cc3)cc2)CC1. The van der Waals surface area contributed by atoms with Crippen molar-refractivity contribution in [3.05, 3.63) is 59.7 Å². The monoisotopic (exact) mass is 460 g/mol. The minimum Gasteiger partial charge on any atom is -0.373 e. The van der Waals surface area contributed by atoms with E-state index in [4.69, 9.17) is 4.74 Å². The van der Waals surface area contributed by atoms with Crippen molar-refractivity contribution in [1.82, 2.24) is 0 Å². The molecular weight excluding hydrogens is 412 g/mol. The van der Waals surface area contributed by atoms with Gasteiger partial charge in [0.05, 0.1) is 12.7 Å². The van der Waals surface area contributed by atoms with Crippen molar-refractivity contribution in [3.63, 3.8) is 0 Å². The van der Waals surface area contributed by atoms with Crippen LogP contribution in [0, 0.1) is 11.8 Å². The standard InChI is InChI=1S/C33H48O/c1-3-5-7-8-10-26-11-14-28(15-12-26)29-16-18-30(19-17-29)31-20-22-32(23-21-31)33-24-13-27(25-34-33)9-6-4-2/h16-23,26-28,33H,3-15,24-25H2,1-2H3/t26-,27?,28-,33?. The van der Waals surface area contributed by atoms with Crippen molar-refractivity contribution < 1.29 is 4.74 Å². The molecule has 34 heavy (non-hydrogen) atoms. The molecule has 1 saturated heterocycles. The van der Waals surface area contributed by atoms with Crippen molar-refractivity contribution in [1.29, 1.82) is 0 Å². The number of benzene rings is 2. The first kappa shape index (κ1) is 25.5. The molecule has 1 saturated carbocycles. The highest BCUT2D eigenvalue weighted by atomic mass is 16.5. The highest BCUT2D eigenvalue weighted by Crippen LogP contribution is 2.38. The molecule has 2 atom stereocenters. The zero-order valence-electron chi connectivity index (χ0n) is 21.9. The summed E-state index contributed by atoms with van der Waals surface area (Å²) in [4.78, 5) is 0. The third-order valence-electron chi connectivity index (χ3n) is 8.65. The fourth-order valence-corrected chi connectivity index (χ4v) is 6.27. The van der Waals surface area contributed by atoms with Crippen LogP contribution < -0.4 is 0 Å². The molecule has 2 aliphatic rings. The molecule has 0 amide bonds. The van der Waals surface area contributed by atoms with Gasteiger partial charge < -0.3 is 4.74 Å². The number of ether oxygens (including phenoxy) is 1. The molecule has 186 valence electrons. The van der Waals surface area contributed by atoms with E-state index >= 15 is 0 Å². The first-order valence-electron chi connectivity index (χ1n) is 14.6. The molecule has 0 radical (unpaired) electrons. The van der Waals surface area contributed by atoms with E-state index in [1.54, 1.807) is 5.56 Å². The van der Waals surface area contributed by atoms with E-state index in [0.29, 0.717) is 0 Å². The fraction of sp³-hybridized carbons (Fsp3) is 0.636. The predicted octanol–water partition coefficient (Wildman–Crippen LogP) is 10.3. The Morgan fingerprint density at radius 2 is 1.18 bits per heavy atom. The van der Waals surface area contributed by atoms with Crippen LogP contribution in [0.2, 0.25) is 0 Å². The van der Waals surface area contributed by atoms with E-state index in [1.807, 2.05) is 0 Å². The third kappa shape index (κ3) is 7.20. The van der Waals surface area contributed by atoms with E-state index in [-0.39, 0.29) is 6.10 Å². The van der Waals surface area contributed by atoms with Crippen LogP contribution in [0.1, 0.15) is 127 Å². The van der Waals surface area contributed by atoms with E-state index in [0.717, 1.165) is 24.4 Å². The van der Waals surface area contributed by atoms with Crippen LogP contribution in [0.3, 0.4) is 0 Å². The number of rotatable bonds is 11. The van der Waals surface area contributed by atoms with Gasteiger partial charge >= 0.3 is 0 Å². The van der Waals surface area contributed by atoms with Crippen LogP contribution in [-0.2, 0) is 4.74 Å². The largest absolute Gasteiger partial charge is 0.373 e. The molecule has 1 aliphatic carbocycles. The van der Waals surface area contributed by atoms with Gasteiger partial charge in [0.2, 0.25) is 0 Å². The molecule has 2 aromatic rings. The molecule has 0 aromatic heterocycles. The minimum absolute atomic E-state index is 0.288. The maximum absolute atomic E-state index is 6.24. The van der Waals surface area contributed by atoms with E-state index < -0.39 is 0 Å². The average Bonchev–Trinajstić information content (AvgIpc) is 2.91. The zero-order chi connectivity index (χ0) is 23.6. The Hall–Kier alpha value is -1.60. The van der Waals surface area contributed by atoms with Crippen molar-refractivity contribution in [2.45, 2.75) is 116 Å². The molecule has 0 spiro atoms. The molecule has 0 bridgehead atoms. The van der Waals surface area contributed by atoms with Gasteiger partial charge in [0.1, 0.15) is 0 Å². The van der Waals surface area contributed by atoms with Gasteiger partial charge in [-0.3, -0.25) is 0 Å². The summed E-state index contributed by atoms with van der Waals surface area (Å²) < 4.78 is 6.24. The second-order valence-electron chi connectivity index (χ2n) is 11.2. The van der Waals surface area contributed by atoms with Gasteiger partial charge in [-0.25, -0.2) is 0 Å². The third-order valence-corrected chi connectivity index (χ3v) is 8.65. The van der Waals surface area contributed by atoms with Gasteiger partial charge in [0.15, 0.2) is 0 Å². The molecule has 2 aromatic carbocycles. The summed E-state index contributed by atoms with van der Waals surface area (Å²) in [5, 5.41) is 0.